The number of rotatable bonds is 12. The molecule has 0 fully saturated rings. The second kappa shape index (κ2) is 12.4. The minimum Gasteiger partial charge on any atom is -0.466 e. The number of carbonyl (C=O) groups is 1. The first kappa shape index (κ1) is 23.2. The Morgan fingerprint density at radius 3 is 2.17 bits per heavy atom. The van der Waals surface area contributed by atoms with Crippen LogP contribution < -0.4 is 0 Å². The largest absolute Gasteiger partial charge is 0.466 e. The summed E-state index contributed by atoms with van der Waals surface area (Å²) in [5, 5.41) is 0. The van der Waals surface area contributed by atoms with Gasteiger partial charge in [-0.1, -0.05) is 87.4 Å². The van der Waals surface area contributed by atoms with Gasteiger partial charge in [0.1, 0.15) is 0 Å². The van der Waals surface area contributed by atoms with Gasteiger partial charge in [-0.3, -0.25) is 9.69 Å². The van der Waals surface area contributed by atoms with E-state index in [1.54, 1.807) is 0 Å². The molecule has 0 spiro atoms. The number of benzene rings is 2. The second-order valence-electron chi connectivity index (χ2n) is 8.04. The summed E-state index contributed by atoms with van der Waals surface area (Å²) in [5.74, 6) is 0.472. The molecule has 0 unspecified atom stereocenters. The molecule has 0 amide bonds. The topological polar surface area (TPSA) is 29.5 Å². The molecule has 0 heterocycles. The normalized spacial score (nSPS) is 14.4. The van der Waals surface area contributed by atoms with Crippen molar-refractivity contribution in [2.24, 2.45) is 5.92 Å². The summed E-state index contributed by atoms with van der Waals surface area (Å²) in [7, 11) is 0. The molecule has 0 aliphatic carbocycles. The standard InChI is InChI=1S/C26H37NO2/c1-5-13-21(3)18-25(19-26(28)29-6-2)27(20-23-14-9-7-10-15-23)22(4)24-16-11-8-12-17-24/h7-12,14-17,21-22,25H,5-6,13,18-20H2,1-4H3/t21-,22+,25+/m1/s1. The molecule has 0 saturated heterocycles. The molecule has 2 rings (SSSR count). The SMILES string of the molecule is CCC[C@@H](C)C[C@@H](CC(=O)OCC)N(Cc1ccccc1)[C@@H](C)c1ccccc1. The smallest absolute Gasteiger partial charge is 0.307 e. The van der Waals surface area contributed by atoms with Crippen molar-refractivity contribution in [1.29, 1.82) is 0 Å². The third kappa shape index (κ3) is 7.66. The summed E-state index contributed by atoms with van der Waals surface area (Å²) in [5.41, 5.74) is 2.55. The predicted octanol–water partition coefficient (Wildman–Crippen LogP) is 6.40. The van der Waals surface area contributed by atoms with Crippen molar-refractivity contribution in [3.8, 4) is 0 Å². The van der Waals surface area contributed by atoms with E-state index in [2.05, 4.69) is 80.3 Å². The number of nitrogens with zero attached hydrogens (tertiary/aromatic N) is 1. The van der Waals surface area contributed by atoms with Crippen LogP contribution in [0.15, 0.2) is 60.7 Å². The van der Waals surface area contributed by atoms with Gasteiger partial charge in [-0.05, 0) is 37.3 Å². The molecule has 2 aromatic carbocycles. The summed E-state index contributed by atoms with van der Waals surface area (Å²) < 4.78 is 5.33. The molecular formula is C26H37NO2. The summed E-state index contributed by atoms with van der Waals surface area (Å²) in [6, 6.07) is 21.5. The van der Waals surface area contributed by atoms with E-state index >= 15 is 0 Å². The highest BCUT2D eigenvalue weighted by atomic mass is 16.5. The van der Waals surface area contributed by atoms with E-state index < -0.39 is 0 Å². The van der Waals surface area contributed by atoms with Crippen molar-refractivity contribution in [2.45, 2.75) is 72.0 Å². The number of carbonyl (C=O) groups excluding carboxylic acids is 1. The Labute approximate surface area is 177 Å². The van der Waals surface area contributed by atoms with Crippen LogP contribution in [0.5, 0.6) is 0 Å². The first-order valence-corrected chi connectivity index (χ1v) is 11.0. The molecule has 3 atom stereocenters. The van der Waals surface area contributed by atoms with E-state index in [4.69, 9.17) is 4.74 Å². The van der Waals surface area contributed by atoms with E-state index in [-0.39, 0.29) is 18.1 Å². The zero-order chi connectivity index (χ0) is 21.1. The summed E-state index contributed by atoms with van der Waals surface area (Å²) in [6.45, 7) is 9.91. The fraction of sp³-hybridized carbons (Fsp3) is 0.500. The number of ether oxygens (including phenoxy) is 1. The summed E-state index contributed by atoms with van der Waals surface area (Å²) in [4.78, 5) is 15.0. The molecule has 0 bridgehead atoms. The van der Waals surface area contributed by atoms with Crippen LogP contribution in [0.4, 0.5) is 0 Å². The third-order valence-corrected chi connectivity index (χ3v) is 5.62. The van der Waals surface area contributed by atoms with Crippen LogP contribution in [-0.4, -0.2) is 23.5 Å². The van der Waals surface area contributed by atoms with Crippen LogP contribution in [0.3, 0.4) is 0 Å². The Morgan fingerprint density at radius 2 is 1.59 bits per heavy atom. The molecule has 0 N–H and O–H groups in total. The van der Waals surface area contributed by atoms with Gasteiger partial charge in [0.15, 0.2) is 0 Å². The van der Waals surface area contributed by atoms with Crippen LogP contribution in [0.2, 0.25) is 0 Å². The molecule has 0 aliphatic heterocycles. The molecule has 0 saturated carbocycles. The monoisotopic (exact) mass is 395 g/mol. The maximum atomic E-state index is 12.5. The molecular weight excluding hydrogens is 358 g/mol. The first-order valence-electron chi connectivity index (χ1n) is 11.0. The lowest BCUT2D eigenvalue weighted by atomic mass is 9.92. The lowest BCUT2D eigenvalue weighted by Gasteiger charge is -2.38. The molecule has 0 radical (unpaired) electrons. The lowest BCUT2D eigenvalue weighted by molar-refractivity contribution is -0.145. The van der Waals surface area contributed by atoms with Crippen LogP contribution in [0.25, 0.3) is 0 Å². The Kier molecular flexibility index (Phi) is 9.93. The quantitative estimate of drug-likeness (QED) is 0.390. The van der Waals surface area contributed by atoms with Crippen molar-refractivity contribution < 1.29 is 9.53 Å². The summed E-state index contributed by atoms with van der Waals surface area (Å²) in [6.07, 6.45) is 3.78. The maximum absolute atomic E-state index is 12.5. The van der Waals surface area contributed by atoms with Gasteiger partial charge in [-0.25, -0.2) is 0 Å². The van der Waals surface area contributed by atoms with Gasteiger partial charge in [0, 0.05) is 18.6 Å². The van der Waals surface area contributed by atoms with Gasteiger partial charge in [-0.2, -0.15) is 0 Å². The minimum absolute atomic E-state index is 0.0977. The van der Waals surface area contributed by atoms with Crippen molar-refractivity contribution >= 4 is 5.97 Å². The maximum Gasteiger partial charge on any atom is 0.307 e. The lowest BCUT2D eigenvalue weighted by Crippen LogP contribution is -2.40. The molecule has 3 heteroatoms. The Balaban J connectivity index is 2.33. The zero-order valence-electron chi connectivity index (χ0n) is 18.5. The molecule has 2 aromatic rings. The highest BCUT2D eigenvalue weighted by Gasteiger charge is 2.28. The van der Waals surface area contributed by atoms with Gasteiger partial charge in [-0.15, -0.1) is 0 Å². The highest BCUT2D eigenvalue weighted by Crippen LogP contribution is 2.30. The Bertz CT molecular complexity index is 701. The number of hydrogen-bond donors (Lipinski definition) is 0. The minimum atomic E-state index is -0.0977. The van der Waals surface area contributed by atoms with Crippen LogP contribution in [0.1, 0.15) is 70.5 Å². The first-order chi connectivity index (χ1) is 14.0. The van der Waals surface area contributed by atoms with Crippen LogP contribution >= 0.6 is 0 Å². The molecule has 0 aliphatic rings. The van der Waals surface area contributed by atoms with Crippen molar-refractivity contribution in [3.05, 3.63) is 71.8 Å². The van der Waals surface area contributed by atoms with E-state index in [9.17, 15) is 4.79 Å². The molecule has 29 heavy (non-hydrogen) atoms. The van der Waals surface area contributed by atoms with Crippen molar-refractivity contribution in [2.75, 3.05) is 6.61 Å². The van der Waals surface area contributed by atoms with E-state index in [0.29, 0.717) is 18.9 Å². The molecule has 158 valence electrons. The average molecular weight is 396 g/mol. The van der Waals surface area contributed by atoms with E-state index in [0.717, 1.165) is 13.0 Å². The van der Waals surface area contributed by atoms with Gasteiger partial charge >= 0.3 is 5.97 Å². The van der Waals surface area contributed by atoms with Crippen LogP contribution in [0, 0.1) is 5.92 Å². The fourth-order valence-electron chi connectivity index (χ4n) is 4.12. The zero-order valence-corrected chi connectivity index (χ0v) is 18.5. The number of hydrogen-bond acceptors (Lipinski definition) is 3. The molecule has 0 aromatic heterocycles. The van der Waals surface area contributed by atoms with E-state index in [1.807, 2.05) is 13.0 Å². The van der Waals surface area contributed by atoms with Gasteiger partial charge in [0.05, 0.1) is 13.0 Å². The van der Waals surface area contributed by atoms with Crippen molar-refractivity contribution in [3.63, 3.8) is 0 Å². The summed E-state index contributed by atoms with van der Waals surface area (Å²) >= 11 is 0. The third-order valence-electron chi connectivity index (χ3n) is 5.62. The molecule has 3 nitrogen and oxygen atoms in total. The Morgan fingerprint density at radius 1 is 0.966 bits per heavy atom. The highest BCUT2D eigenvalue weighted by molar-refractivity contribution is 5.70. The second-order valence-corrected chi connectivity index (χ2v) is 8.04. The number of esters is 1. The predicted molar refractivity (Wildman–Crippen MR) is 121 cm³/mol. The van der Waals surface area contributed by atoms with Gasteiger partial charge in [0.2, 0.25) is 0 Å². The van der Waals surface area contributed by atoms with Crippen LogP contribution in [-0.2, 0) is 16.1 Å². The fourth-order valence-corrected chi connectivity index (χ4v) is 4.12. The Hall–Kier alpha value is -2.13. The van der Waals surface area contributed by atoms with Crippen molar-refractivity contribution in [1.82, 2.24) is 4.90 Å². The van der Waals surface area contributed by atoms with Gasteiger partial charge in [0.25, 0.3) is 0 Å². The van der Waals surface area contributed by atoms with Gasteiger partial charge < -0.3 is 4.74 Å². The van der Waals surface area contributed by atoms with E-state index in [1.165, 1.54) is 24.0 Å². The average Bonchev–Trinajstić information content (AvgIpc) is 2.73.